The van der Waals surface area contributed by atoms with Crippen LogP contribution in [0.4, 0.5) is 0 Å². The van der Waals surface area contributed by atoms with Gasteiger partial charge >= 0.3 is 0 Å². The minimum atomic E-state index is -3.86. The Morgan fingerprint density at radius 2 is 1.80 bits per heavy atom. The zero-order chi connectivity index (χ0) is 21.6. The van der Waals surface area contributed by atoms with Crippen molar-refractivity contribution in [1.82, 2.24) is 9.21 Å². The number of benzene rings is 2. The van der Waals surface area contributed by atoms with Gasteiger partial charge in [-0.25, -0.2) is 8.42 Å². The van der Waals surface area contributed by atoms with Crippen molar-refractivity contribution in [1.29, 1.82) is 0 Å². The van der Waals surface area contributed by atoms with E-state index in [0.29, 0.717) is 16.2 Å². The monoisotopic (exact) mass is 448 g/mol. The lowest BCUT2D eigenvalue weighted by atomic mass is 10.1. The van der Waals surface area contributed by atoms with Crippen molar-refractivity contribution < 1.29 is 22.7 Å². The molecule has 0 unspecified atom stereocenters. The first-order valence-corrected chi connectivity index (χ1v) is 11.3. The fraction of sp³-hybridized carbons (Fsp3) is 0.286. The summed E-state index contributed by atoms with van der Waals surface area (Å²) in [7, 11) is -3.86. The number of furan rings is 1. The summed E-state index contributed by atoms with van der Waals surface area (Å²) in [5, 5.41) is 11.2. The molecule has 1 aromatic heterocycles. The largest absolute Gasteiger partial charge is 0.507 e. The van der Waals surface area contributed by atoms with Gasteiger partial charge < -0.3 is 14.4 Å². The Balaban J connectivity index is 1.54. The van der Waals surface area contributed by atoms with Gasteiger partial charge in [0.2, 0.25) is 10.0 Å². The summed E-state index contributed by atoms with van der Waals surface area (Å²) in [6.07, 6.45) is 0. The fourth-order valence-corrected chi connectivity index (χ4v) is 5.46. The van der Waals surface area contributed by atoms with Crippen LogP contribution in [0.2, 0.25) is 5.02 Å². The van der Waals surface area contributed by atoms with Crippen LogP contribution in [0.5, 0.6) is 5.75 Å². The maximum absolute atomic E-state index is 13.0. The van der Waals surface area contributed by atoms with Crippen molar-refractivity contribution in [3.8, 4) is 5.75 Å². The molecule has 0 bridgehead atoms. The van der Waals surface area contributed by atoms with Crippen LogP contribution >= 0.6 is 11.6 Å². The fourth-order valence-electron chi connectivity index (χ4n) is 3.66. The van der Waals surface area contributed by atoms with E-state index in [4.69, 9.17) is 16.0 Å². The molecule has 0 aliphatic carbocycles. The van der Waals surface area contributed by atoms with Crippen LogP contribution in [-0.4, -0.2) is 54.8 Å². The first-order chi connectivity index (χ1) is 14.2. The van der Waals surface area contributed by atoms with E-state index in [-0.39, 0.29) is 48.5 Å². The summed E-state index contributed by atoms with van der Waals surface area (Å²) >= 11 is 6.17. The van der Waals surface area contributed by atoms with Crippen LogP contribution in [0.25, 0.3) is 11.0 Å². The number of sulfonamides is 1. The molecular formula is C21H21ClN2O5S. The number of phenols is 1. The van der Waals surface area contributed by atoms with Crippen LogP contribution < -0.4 is 0 Å². The zero-order valence-corrected chi connectivity index (χ0v) is 18.1. The summed E-state index contributed by atoms with van der Waals surface area (Å²) in [4.78, 5) is 14.5. The smallest absolute Gasteiger partial charge is 0.289 e. The molecule has 30 heavy (non-hydrogen) atoms. The Labute approximate surface area is 179 Å². The van der Waals surface area contributed by atoms with E-state index in [1.807, 2.05) is 6.07 Å². The maximum Gasteiger partial charge on any atom is 0.289 e. The minimum absolute atomic E-state index is 0.120. The molecule has 7 nitrogen and oxygen atoms in total. The highest BCUT2D eigenvalue weighted by atomic mass is 35.5. The third kappa shape index (κ3) is 3.45. The number of piperazine rings is 1. The molecule has 2 heterocycles. The van der Waals surface area contributed by atoms with Gasteiger partial charge in [-0.2, -0.15) is 4.31 Å². The van der Waals surface area contributed by atoms with Crippen molar-refractivity contribution in [3.63, 3.8) is 0 Å². The summed E-state index contributed by atoms with van der Waals surface area (Å²) in [6.45, 7) is 4.25. The summed E-state index contributed by atoms with van der Waals surface area (Å²) in [5.74, 6) is -0.366. The third-order valence-corrected chi connectivity index (χ3v) is 7.59. The van der Waals surface area contributed by atoms with E-state index in [1.54, 1.807) is 36.9 Å². The van der Waals surface area contributed by atoms with Gasteiger partial charge in [0.1, 0.15) is 10.6 Å². The predicted molar refractivity (Wildman–Crippen MR) is 113 cm³/mol. The van der Waals surface area contributed by atoms with Gasteiger partial charge in [0, 0.05) is 37.1 Å². The van der Waals surface area contributed by atoms with Gasteiger partial charge in [0.15, 0.2) is 11.3 Å². The van der Waals surface area contributed by atoms with Crippen molar-refractivity contribution in [2.75, 3.05) is 26.2 Å². The number of carbonyl (C=O) groups excluding carboxylic acids is 1. The highest BCUT2D eigenvalue weighted by Gasteiger charge is 2.33. The number of aromatic hydroxyl groups is 1. The molecule has 1 aliphatic rings. The van der Waals surface area contributed by atoms with Crippen LogP contribution in [0, 0.1) is 13.8 Å². The Kier molecular flexibility index (Phi) is 5.25. The molecule has 0 radical (unpaired) electrons. The Bertz CT molecular complexity index is 1240. The molecule has 158 valence electrons. The number of fused-ring (bicyclic) bond motifs is 1. The second kappa shape index (κ2) is 7.61. The lowest BCUT2D eigenvalue weighted by molar-refractivity contribution is 0.0667. The number of hydrogen-bond acceptors (Lipinski definition) is 5. The van der Waals surface area contributed by atoms with Crippen molar-refractivity contribution in [2.24, 2.45) is 0 Å². The van der Waals surface area contributed by atoms with E-state index in [2.05, 4.69) is 0 Å². The van der Waals surface area contributed by atoms with Crippen LogP contribution in [-0.2, 0) is 10.0 Å². The summed E-state index contributed by atoms with van der Waals surface area (Å²) in [6, 6.07) is 9.81. The molecular weight excluding hydrogens is 428 g/mol. The Hall–Kier alpha value is -2.55. The van der Waals surface area contributed by atoms with Crippen LogP contribution in [0.3, 0.4) is 0 Å². The molecule has 0 atom stereocenters. The predicted octanol–water partition coefficient (Wildman–Crippen LogP) is 3.56. The maximum atomic E-state index is 13.0. The van der Waals surface area contributed by atoms with E-state index in [0.717, 1.165) is 10.9 Å². The average molecular weight is 449 g/mol. The second-order valence-electron chi connectivity index (χ2n) is 7.34. The van der Waals surface area contributed by atoms with E-state index < -0.39 is 10.0 Å². The Morgan fingerprint density at radius 1 is 1.10 bits per heavy atom. The van der Waals surface area contributed by atoms with Crippen molar-refractivity contribution in [2.45, 2.75) is 18.7 Å². The molecule has 4 rings (SSSR count). The molecule has 1 aliphatic heterocycles. The number of phenolic OH excluding ortho intramolecular Hbond substituents is 1. The zero-order valence-electron chi connectivity index (χ0n) is 16.6. The first kappa shape index (κ1) is 20.7. The molecule has 1 saturated heterocycles. The second-order valence-corrected chi connectivity index (χ2v) is 9.65. The number of hydrogen-bond donors (Lipinski definition) is 1. The molecule has 1 amide bonds. The highest BCUT2D eigenvalue weighted by Crippen LogP contribution is 2.32. The number of amides is 1. The quantitative estimate of drug-likeness (QED) is 0.661. The van der Waals surface area contributed by atoms with Crippen LogP contribution in [0.15, 0.2) is 45.7 Å². The number of para-hydroxylation sites is 1. The van der Waals surface area contributed by atoms with Gasteiger partial charge in [-0.05, 0) is 37.6 Å². The molecule has 0 spiro atoms. The molecule has 1 N–H and O–H groups in total. The third-order valence-electron chi connectivity index (χ3n) is 5.37. The molecule has 2 aromatic carbocycles. The normalized spacial score (nSPS) is 15.6. The lowest BCUT2D eigenvalue weighted by Gasteiger charge is -2.33. The minimum Gasteiger partial charge on any atom is -0.507 e. The van der Waals surface area contributed by atoms with Crippen molar-refractivity contribution in [3.05, 3.63) is 58.3 Å². The topological polar surface area (TPSA) is 91.1 Å². The van der Waals surface area contributed by atoms with Gasteiger partial charge in [0.25, 0.3) is 5.91 Å². The first-order valence-electron chi connectivity index (χ1n) is 9.47. The van der Waals surface area contributed by atoms with E-state index in [1.165, 1.54) is 16.4 Å². The van der Waals surface area contributed by atoms with Gasteiger partial charge in [0.05, 0.1) is 5.02 Å². The molecule has 0 saturated carbocycles. The number of nitrogens with zero attached hydrogens (tertiary/aromatic N) is 2. The number of carbonyl (C=O) groups is 1. The number of aryl methyl sites for hydroxylation is 2. The number of rotatable bonds is 3. The Morgan fingerprint density at radius 3 is 2.47 bits per heavy atom. The average Bonchev–Trinajstić information content (AvgIpc) is 3.07. The molecule has 1 fully saturated rings. The summed E-state index contributed by atoms with van der Waals surface area (Å²) < 4.78 is 32.9. The van der Waals surface area contributed by atoms with Gasteiger partial charge in [-0.1, -0.05) is 29.8 Å². The molecule has 3 aromatic rings. The lowest BCUT2D eigenvalue weighted by Crippen LogP contribution is -2.50. The highest BCUT2D eigenvalue weighted by molar-refractivity contribution is 7.89. The number of halogens is 1. The standard InChI is InChI=1S/C21H21ClN2O5S/c1-13-6-7-17(25)18(12-13)30(27,28)24-10-8-23(9-11-24)21(26)19-14(2)15-4-3-5-16(22)20(15)29-19/h3-7,12,25H,8-11H2,1-2H3. The van der Waals surface area contributed by atoms with Gasteiger partial charge in [-0.15, -0.1) is 0 Å². The summed E-state index contributed by atoms with van der Waals surface area (Å²) in [5.41, 5.74) is 1.91. The van der Waals surface area contributed by atoms with E-state index >= 15 is 0 Å². The van der Waals surface area contributed by atoms with Crippen molar-refractivity contribution >= 4 is 38.5 Å². The van der Waals surface area contributed by atoms with Crippen LogP contribution in [0.1, 0.15) is 21.7 Å². The van der Waals surface area contributed by atoms with E-state index in [9.17, 15) is 18.3 Å². The van der Waals surface area contributed by atoms with Gasteiger partial charge in [-0.3, -0.25) is 4.79 Å². The molecule has 9 heteroatoms. The SMILES string of the molecule is Cc1ccc(O)c(S(=O)(=O)N2CCN(C(=O)c3oc4c(Cl)cccc4c3C)CC2)c1.